The lowest BCUT2D eigenvalue weighted by atomic mass is 10.0. The van der Waals surface area contributed by atoms with Crippen molar-refractivity contribution in [1.82, 2.24) is 4.67 Å². The number of nitrogens with zero attached hydrogens (tertiary/aromatic N) is 1. The van der Waals surface area contributed by atoms with Crippen molar-refractivity contribution in [3.63, 3.8) is 0 Å². The molecule has 0 bridgehead atoms. The monoisotopic (exact) mass is 409 g/mol. The second-order valence-corrected chi connectivity index (χ2v) is 8.85. The van der Waals surface area contributed by atoms with Crippen LogP contribution in [0.25, 0.3) is 0 Å². The van der Waals surface area contributed by atoms with Crippen molar-refractivity contribution in [2.24, 2.45) is 0 Å². The molecule has 7 nitrogen and oxygen atoms in total. The van der Waals surface area contributed by atoms with Crippen molar-refractivity contribution in [1.29, 1.82) is 0 Å². The minimum absolute atomic E-state index is 0.0279. The fourth-order valence-corrected chi connectivity index (χ4v) is 4.17. The van der Waals surface area contributed by atoms with E-state index >= 15 is 0 Å². The third-order valence-corrected chi connectivity index (χ3v) is 6.04. The normalized spacial score (nSPS) is 13.2. The summed E-state index contributed by atoms with van der Waals surface area (Å²) < 4.78 is 12.0. The Morgan fingerprint density at radius 2 is 1.19 bits per heavy atom. The lowest BCUT2D eigenvalue weighted by molar-refractivity contribution is -0.143. The highest BCUT2D eigenvalue weighted by molar-refractivity contribution is 7.49. The zero-order valence-electron chi connectivity index (χ0n) is 16.9. The van der Waals surface area contributed by atoms with Crippen LogP contribution in [0.4, 0.5) is 0 Å². The smallest absolute Gasteiger partial charge is 0.403 e. The minimum atomic E-state index is -4.70. The molecule has 0 aromatic rings. The van der Waals surface area contributed by atoms with Gasteiger partial charge in [-0.2, -0.15) is 4.67 Å². The van der Waals surface area contributed by atoms with E-state index in [0.29, 0.717) is 11.1 Å². The van der Waals surface area contributed by atoms with Gasteiger partial charge in [0, 0.05) is 6.54 Å². The first-order valence-electron chi connectivity index (χ1n) is 10.5. The predicted molar refractivity (Wildman–Crippen MR) is 108 cm³/mol. The SMILES string of the molecule is CCCCCCCCCCCCCCCCN([C@@H](CO)C(=O)O)P(=O)(O)O. The standard InChI is InChI=1S/C19H40NO6P/c1-2-3-4-5-6-7-8-9-10-11-12-13-14-15-16-20(27(24,25)26)18(17-21)19(22)23/h18,21H,2-17H2,1H3,(H,22,23)(H2,24,25,26)/t18-/m0/s1. The van der Waals surface area contributed by atoms with E-state index in [9.17, 15) is 19.1 Å². The summed E-state index contributed by atoms with van der Waals surface area (Å²) in [5.74, 6) is -1.42. The van der Waals surface area contributed by atoms with E-state index in [1.807, 2.05) is 0 Å². The summed E-state index contributed by atoms with van der Waals surface area (Å²) in [4.78, 5) is 29.6. The number of rotatable bonds is 19. The number of carboxylic acids is 1. The van der Waals surface area contributed by atoms with Gasteiger partial charge in [-0.25, -0.2) is 4.57 Å². The molecule has 8 heteroatoms. The van der Waals surface area contributed by atoms with Gasteiger partial charge in [0.2, 0.25) is 0 Å². The van der Waals surface area contributed by atoms with Crippen LogP contribution in [0, 0.1) is 0 Å². The van der Waals surface area contributed by atoms with E-state index in [1.165, 1.54) is 64.2 Å². The molecule has 0 unspecified atom stereocenters. The Labute approximate surface area is 164 Å². The number of carbonyl (C=O) groups is 1. The van der Waals surface area contributed by atoms with Crippen LogP contribution in [0.2, 0.25) is 0 Å². The highest BCUT2D eigenvalue weighted by Gasteiger charge is 2.36. The Morgan fingerprint density at radius 3 is 1.48 bits per heavy atom. The van der Waals surface area contributed by atoms with Crippen LogP contribution in [-0.2, 0) is 9.36 Å². The molecule has 0 aliphatic rings. The number of hydrogen-bond acceptors (Lipinski definition) is 3. The Bertz CT molecular complexity index is 415. The highest BCUT2D eigenvalue weighted by Crippen LogP contribution is 2.42. The van der Waals surface area contributed by atoms with Gasteiger partial charge in [0.25, 0.3) is 0 Å². The van der Waals surface area contributed by atoms with Gasteiger partial charge in [0.1, 0.15) is 6.04 Å². The maximum absolute atomic E-state index is 11.4. The number of aliphatic carboxylic acids is 1. The number of hydrogen-bond donors (Lipinski definition) is 4. The van der Waals surface area contributed by atoms with E-state index < -0.39 is 26.4 Å². The van der Waals surface area contributed by atoms with Gasteiger partial charge in [-0.15, -0.1) is 0 Å². The van der Waals surface area contributed by atoms with Crippen molar-refractivity contribution in [2.45, 2.75) is 103 Å². The zero-order chi connectivity index (χ0) is 20.5. The van der Waals surface area contributed by atoms with E-state index in [4.69, 9.17) is 10.2 Å². The van der Waals surface area contributed by atoms with Crippen molar-refractivity contribution in [3.8, 4) is 0 Å². The average Bonchev–Trinajstić information content (AvgIpc) is 2.59. The molecule has 0 spiro atoms. The molecule has 0 aromatic carbocycles. The number of aliphatic hydroxyl groups is 1. The van der Waals surface area contributed by atoms with Gasteiger partial charge in [0.15, 0.2) is 0 Å². The first kappa shape index (κ1) is 26.5. The Balaban J connectivity index is 3.69. The van der Waals surface area contributed by atoms with Gasteiger partial charge < -0.3 is 20.0 Å². The number of unbranched alkanes of at least 4 members (excludes halogenated alkanes) is 13. The molecule has 0 radical (unpaired) electrons. The first-order chi connectivity index (χ1) is 12.8. The van der Waals surface area contributed by atoms with Crippen LogP contribution >= 0.6 is 7.75 Å². The fraction of sp³-hybridized carbons (Fsp3) is 0.947. The molecular weight excluding hydrogens is 369 g/mol. The lowest BCUT2D eigenvalue weighted by Crippen LogP contribution is -2.42. The van der Waals surface area contributed by atoms with E-state index in [2.05, 4.69) is 6.92 Å². The summed E-state index contributed by atoms with van der Waals surface area (Å²) in [6.07, 6.45) is 16.4. The number of aliphatic hydroxyl groups excluding tert-OH is 1. The van der Waals surface area contributed by atoms with Crippen LogP contribution < -0.4 is 0 Å². The van der Waals surface area contributed by atoms with E-state index in [-0.39, 0.29) is 6.54 Å². The van der Waals surface area contributed by atoms with Gasteiger partial charge in [0.05, 0.1) is 6.61 Å². The minimum Gasteiger partial charge on any atom is -0.480 e. The molecule has 0 heterocycles. The summed E-state index contributed by atoms with van der Waals surface area (Å²) in [7, 11) is -4.70. The summed E-state index contributed by atoms with van der Waals surface area (Å²) in [5.41, 5.74) is 0. The molecule has 162 valence electrons. The maximum atomic E-state index is 11.4. The molecule has 4 N–H and O–H groups in total. The maximum Gasteiger partial charge on any atom is 0.403 e. The molecule has 0 fully saturated rings. The van der Waals surface area contributed by atoms with Gasteiger partial charge in [-0.3, -0.25) is 4.79 Å². The molecule has 0 saturated heterocycles. The summed E-state index contributed by atoms with van der Waals surface area (Å²) in [6.45, 7) is 1.38. The second kappa shape index (κ2) is 16.5. The van der Waals surface area contributed by atoms with Crippen molar-refractivity contribution >= 4 is 13.7 Å². The Morgan fingerprint density at radius 1 is 0.815 bits per heavy atom. The third kappa shape index (κ3) is 14.2. The summed E-state index contributed by atoms with van der Waals surface area (Å²) in [5, 5.41) is 18.1. The second-order valence-electron chi connectivity index (χ2n) is 7.31. The number of carboxylic acid groups (broad SMARTS) is 1. The van der Waals surface area contributed by atoms with Crippen molar-refractivity contribution in [2.75, 3.05) is 13.2 Å². The molecule has 1 atom stereocenters. The average molecular weight is 410 g/mol. The molecule has 0 amide bonds. The van der Waals surface area contributed by atoms with Crippen LogP contribution in [0.3, 0.4) is 0 Å². The topological polar surface area (TPSA) is 118 Å². The van der Waals surface area contributed by atoms with Crippen molar-refractivity contribution < 1.29 is 29.4 Å². The molecule has 0 saturated carbocycles. The Kier molecular flexibility index (Phi) is 16.2. The predicted octanol–water partition coefficient (Wildman–Crippen LogP) is 4.31. The van der Waals surface area contributed by atoms with Crippen LogP contribution in [-0.4, -0.2) is 49.8 Å². The van der Waals surface area contributed by atoms with Crippen molar-refractivity contribution in [3.05, 3.63) is 0 Å². The molecule has 0 aromatic heterocycles. The van der Waals surface area contributed by atoms with Gasteiger partial charge >= 0.3 is 13.7 Å². The molecule has 27 heavy (non-hydrogen) atoms. The molecule has 0 aliphatic carbocycles. The quantitative estimate of drug-likeness (QED) is 0.185. The van der Waals surface area contributed by atoms with E-state index in [1.54, 1.807) is 0 Å². The van der Waals surface area contributed by atoms with Crippen LogP contribution in [0.5, 0.6) is 0 Å². The van der Waals surface area contributed by atoms with Crippen LogP contribution in [0.15, 0.2) is 0 Å². The van der Waals surface area contributed by atoms with Gasteiger partial charge in [-0.1, -0.05) is 90.4 Å². The first-order valence-corrected chi connectivity index (χ1v) is 12.1. The van der Waals surface area contributed by atoms with Crippen LogP contribution in [0.1, 0.15) is 96.8 Å². The molecule has 0 aliphatic heterocycles. The summed E-state index contributed by atoms with van der Waals surface area (Å²) >= 11 is 0. The van der Waals surface area contributed by atoms with Gasteiger partial charge in [-0.05, 0) is 6.42 Å². The molecule has 0 rings (SSSR count). The molecular formula is C19H40NO6P. The Hall–Kier alpha value is -0.460. The third-order valence-electron chi connectivity index (χ3n) is 4.89. The zero-order valence-corrected chi connectivity index (χ0v) is 17.8. The fourth-order valence-electron chi connectivity index (χ4n) is 3.24. The summed E-state index contributed by atoms with van der Waals surface area (Å²) in [6, 6.07) is -1.56. The highest BCUT2D eigenvalue weighted by atomic mass is 31.2. The largest absolute Gasteiger partial charge is 0.480 e. The lowest BCUT2D eigenvalue weighted by Gasteiger charge is -2.27. The van der Waals surface area contributed by atoms with E-state index in [0.717, 1.165) is 19.3 Å².